The standard InChI is InChI=1S/C20H21N3O4S2/c1-14(2)29(25,26)17-10-6-7-15(13-17)19-22-23-20(27-19)21-18(24)11-12-28-16-8-4-3-5-9-16/h3-10,13-14H,11-12H2,1-2H3,(H,21,23,24). The van der Waals surface area contributed by atoms with Gasteiger partial charge in [-0.1, -0.05) is 29.4 Å². The highest BCUT2D eigenvalue weighted by Gasteiger charge is 2.20. The molecule has 0 radical (unpaired) electrons. The van der Waals surface area contributed by atoms with Gasteiger partial charge in [0.1, 0.15) is 0 Å². The van der Waals surface area contributed by atoms with Gasteiger partial charge in [0.25, 0.3) is 0 Å². The molecule has 1 N–H and O–H groups in total. The Balaban J connectivity index is 1.61. The molecule has 1 amide bonds. The van der Waals surface area contributed by atoms with E-state index in [9.17, 15) is 13.2 Å². The fourth-order valence-corrected chi connectivity index (χ4v) is 4.41. The number of benzene rings is 2. The molecule has 152 valence electrons. The lowest BCUT2D eigenvalue weighted by molar-refractivity contribution is -0.115. The molecule has 0 aliphatic carbocycles. The Kier molecular flexibility index (Phi) is 6.71. The number of anilines is 1. The molecule has 0 saturated heterocycles. The summed E-state index contributed by atoms with van der Waals surface area (Å²) in [6, 6.07) is 16.1. The van der Waals surface area contributed by atoms with Crippen LogP contribution in [-0.4, -0.2) is 35.5 Å². The largest absolute Gasteiger partial charge is 0.403 e. The first-order valence-corrected chi connectivity index (χ1v) is 11.5. The number of hydrogen-bond donors (Lipinski definition) is 1. The fourth-order valence-electron chi connectivity index (χ4n) is 2.43. The summed E-state index contributed by atoms with van der Waals surface area (Å²) in [4.78, 5) is 13.4. The van der Waals surface area contributed by atoms with E-state index in [1.54, 1.807) is 37.7 Å². The Hall–Kier alpha value is -2.65. The average molecular weight is 432 g/mol. The van der Waals surface area contributed by atoms with Crippen molar-refractivity contribution in [2.75, 3.05) is 11.1 Å². The second kappa shape index (κ2) is 9.23. The number of sulfone groups is 1. The SMILES string of the molecule is CC(C)S(=O)(=O)c1cccc(-c2nnc(NC(=O)CCSc3ccccc3)o2)c1. The maximum absolute atomic E-state index is 12.3. The third-order valence-corrected chi connectivity index (χ3v) is 7.21. The first-order valence-electron chi connectivity index (χ1n) is 9.02. The Labute approximate surface area is 173 Å². The molecule has 0 fully saturated rings. The van der Waals surface area contributed by atoms with Crippen molar-refractivity contribution in [3.63, 3.8) is 0 Å². The van der Waals surface area contributed by atoms with Crippen LogP contribution in [0.3, 0.4) is 0 Å². The Morgan fingerprint density at radius 3 is 2.59 bits per heavy atom. The molecule has 1 heterocycles. The van der Waals surface area contributed by atoms with Gasteiger partial charge >= 0.3 is 6.01 Å². The molecule has 3 rings (SSSR count). The molecule has 0 aliphatic heterocycles. The second-order valence-electron chi connectivity index (χ2n) is 6.49. The van der Waals surface area contributed by atoms with Crippen molar-refractivity contribution in [3.05, 3.63) is 54.6 Å². The van der Waals surface area contributed by atoms with E-state index in [0.717, 1.165) is 4.90 Å². The Morgan fingerprint density at radius 2 is 1.86 bits per heavy atom. The van der Waals surface area contributed by atoms with E-state index < -0.39 is 15.1 Å². The van der Waals surface area contributed by atoms with E-state index in [1.165, 1.54) is 12.1 Å². The summed E-state index contributed by atoms with van der Waals surface area (Å²) in [6.45, 7) is 3.25. The van der Waals surface area contributed by atoms with Crippen molar-refractivity contribution in [3.8, 4) is 11.5 Å². The van der Waals surface area contributed by atoms with Crippen molar-refractivity contribution in [2.24, 2.45) is 0 Å². The third kappa shape index (κ3) is 5.45. The van der Waals surface area contributed by atoms with Crippen LogP contribution in [0.1, 0.15) is 20.3 Å². The summed E-state index contributed by atoms with van der Waals surface area (Å²) < 4.78 is 30.2. The fraction of sp³-hybridized carbons (Fsp3) is 0.250. The normalized spacial score (nSPS) is 11.6. The van der Waals surface area contributed by atoms with E-state index in [4.69, 9.17) is 4.42 Å². The smallest absolute Gasteiger partial charge is 0.322 e. The van der Waals surface area contributed by atoms with Gasteiger partial charge in [0.05, 0.1) is 10.1 Å². The first kappa shape index (κ1) is 21.1. The first-order chi connectivity index (χ1) is 13.9. The number of aromatic nitrogens is 2. The number of nitrogens with one attached hydrogen (secondary N) is 1. The molecule has 3 aromatic rings. The second-order valence-corrected chi connectivity index (χ2v) is 10.2. The molecular formula is C20H21N3O4S2. The number of carbonyl (C=O) groups excluding carboxylic acids is 1. The van der Waals surface area contributed by atoms with Gasteiger partial charge in [0.15, 0.2) is 9.84 Å². The van der Waals surface area contributed by atoms with Gasteiger partial charge in [-0.2, -0.15) is 0 Å². The Morgan fingerprint density at radius 1 is 1.10 bits per heavy atom. The number of carbonyl (C=O) groups is 1. The summed E-state index contributed by atoms with van der Waals surface area (Å²) in [5, 5.41) is 9.76. The quantitative estimate of drug-likeness (QED) is 0.537. The molecule has 7 nitrogen and oxygen atoms in total. The number of rotatable bonds is 8. The molecule has 0 bridgehead atoms. The minimum absolute atomic E-state index is 0.0215. The molecule has 29 heavy (non-hydrogen) atoms. The van der Waals surface area contributed by atoms with Crippen LogP contribution < -0.4 is 5.32 Å². The summed E-state index contributed by atoms with van der Waals surface area (Å²) in [5.74, 6) is 0.519. The van der Waals surface area contributed by atoms with Crippen molar-refractivity contribution in [1.82, 2.24) is 10.2 Å². The molecule has 0 atom stereocenters. The molecule has 0 unspecified atom stereocenters. The lowest BCUT2D eigenvalue weighted by Gasteiger charge is -2.08. The van der Waals surface area contributed by atoms with Gasteiger partial charge in [-0.3, -0.25) is 10.1 Å². The van der Waals surface area contributed by atoms with Crippen LogP contribution >= 0.6 is 11.8 Å². The molecule has 0 saturated carbocycles. The van der Waals surface area contributed by atoms with Crippen LogP contribution in [0, 0.1) is 0 Å². The Bertz CT molecular complexity index is 1080. The van der Waals surface area contributed by atoms with E-state index in [2.05, 4.69) is 15.5 Å². The van der Waals surface area contributed by atoms with E-state index >= 15 is 0 Å². The van der Waals surface area contributed by atoms with E-state index in [1.807, 2.05) is 30.3 Å². The van der Waals surface area contributed by atoms with Crippen molar-refractivity contribution in [2.45, 2.75) is 35.3 Å². The monoisotopic (exact) mass is 431 g/mol. The molecular weight excluding hydrogens is 410 g/mol. The zero-order chi connectivity index (χ0) is 20.9. The van der Waals surface area contributed by atoms with Gasteiger partial charge in [-0.15, -0.1) is 16.9 Å². The van der Waals surface area contributed by atoms with Crippen LogP contribution in [-0.2, 0) is 14.6 Å². The number of nitrogens with zero attached hydrogens (tertiary/aromatic N) is 2. The summed E-state index contributed by atoms with van der Waals surface area (Å²) in [5.41, 5.74) is 0.472. The zero-order valence-electron chi connectivity index (χ0n) is 16.0. The number of thioether (sulfide) groups is 1. The van der Waals surface area contributed by atoms with Gasteiger partial charge in [0.2, 0.25) is 11.8 Å². The molecule has 9 heteroatoms. The third-order valence-electron chi connectivity index (χ3n) is 4.04. The van der Waals surface area contributed by atoms with Crippen molar-refractivity contribution >= 4 is 33.5 Å². The van der Waals surface area contributed by atoms with Crippen LogP contribution in [0.4, 0.5) is 6.01 Å². The minimum Gasteiger partial charge on any atom is -0.403 e. The van der Waals surface area contributed by atoms with Crippen LogP contribution in [0.5, 0.6) is 0 Å². The van der Waals surface area contributed by atoms with Crippen LogP contribution in [0.25, 0.3) is 11.5 Å². The van der Waals surface area contributed by atoms with Gasteiger partial charge in [0, 0.05) is 22.6 Å². The van der Waals surface area contributed by atoms with Crippen molar-refractivity contribution < 1.29 is 17.6 Å². The molecule has 1 aromatic heterocycles. The van der Waals surface area contributed by atoms with Gasteiger partial charge in [-0.25, -0.2) is 8.42 Å². The predicted octanol–water partition coefficient (Wildman–Crippen LogP) is 4.04. The minimum atomic E-state index is -3.41. The lowest BCUT2D eigenvalue weighted by Crippen LogP contribution is -2.13. The topological polar surface area (TPSA) is 102 Å². The average Bonchev–Trinajstić information content (AvgIpc) is 3.17. The van der Waals surface area contributed by atoms with Crippen LogP contribution in [0.15, 0.2) is 68.8 Å². The summed E-state index contributed by atoms with van der Waals surface area (Å²) in [6.07, 6.45) is 0.291. The number of amides is 1. The highest BCUT2D eigenvalue weighted by Crippen LogP contribution is 2.25. The highest BCUT2D eigenvalue weighted by molar-refractivity contribution is 7.99. The van der Waals surface area contributed by atoms with Crippen LogP contribution in [0.2, 0.25) is 0 Å². The zero-order valence-corrected chi connectivity index (χ0v) is 17.7. The van der Waals surface area contributed by atoms with E-state index in [-0.39, 0.29) is 22.7 Å². The maximum atomic E-state index is 12.3. The molecule has 0 aliphatic rings. The predicted molar refractivity (Wildman–Crippen MR) is 112 cm³/mol. The lowest BCUT2D eigenvalue weighted by atomic mass is 10.2. The summed E-state index contributed by atoms with van der Waals surface area (Å²) in [7, 11) is -3.41. The van der Waals surface area contributed by atoms with Gasteiger partial charge < -0.3 is 4.42 Å². The maximum Gasteiger partial charge on any atom is 0.322 e. The van der Waals surface area contributed by atoms with Crippen molar-refractivity contribution in [1.29, 1.82) is 0 Å². The van der Waals surface area contributed by atoms with E-state index in [0.29, 0.717) is 17.7 Å². The highest BCUT2D eigenvalue weighted by atomic mass is 32.2. The number of hydrogen-bond acceptors (Lipinski definition) is 7. The van der Waals surface area contributed by atoms with Gasteiger partial charge in [-0.05, 0) is 44.2 Å². The molecule has 2 aromatic carbocycles. The molecule has 0 spiro atoms. The summed E-state index contributed by atoms with van der Waals surface area (Å²) >= 11 is 1.58.